The minimum Gasteiger partial charge on any atom is -0.463 e. The summed E-state index contributed by atoms with van der Waals surface area (Å²) in [5.41, 5.74) is 2.40. The maximum Gasteiger partial charge on any atom is 0.268 e. The molecule has 0 atom stereocenters. The van der Waals surface area contributed by atoms with Crippen LogP contribution in [0.5, 0.6) is 0 Å². The number of nitrogens with zero attached hydrogens (tertiary/aromatic N) is 1. The fourth-order valence-corrected chi connectivity index (χ4v) is 2.56. The zero-order chi connectivity index (χ0) is 16.6. The molecule has 0 bridgehead atoms. The van der Waals surface area contributed by atoms with Crippen molar-refractivity contribution in [3.05, 3.63) is 59.7 Å². The molecule has 0 spiro atoms. The van der Waals surface area contributed by atoms with E-state index in [1.807, 2.05) is 37.5 Å². The lowest BCUT2D eigenvalue weighted by atomic mass is 10.1. The SMILES string of the molecule is CC(C)(C)NC(=O)c1cc2occc2n1Cc1cccc(F)c1. The van der Waals surface area contributed by atoms with Gasteiger partial charge in [0.15, 0.2) is 5.58 Å². The number of carbonyl (C=O) groups is 1. The van der Waals surface area contributed by atoms with E-state index in [0.717, 1.165) is 11.1 Å². The summed E-state index contributed by atoms with van der Waals surface area (Å²) in [5, 5.41) is 2.95. The van der Waals surface area contributed by atoms with Crippen LogP contribution in [0.3, 0.4) is 0 Å². The van der Waals surface area contributed by atoms with Crippen LogP contribution >= 0.6 is 0 Å². The number of rotatable bonds is 3. The number of hydrogen-bond donors (Lipinski definition) is 1. The molecule has 3 rings (SSSR count). The predicted molar refractivity (Wildman–Crippen MR) is 86.9 cm³/mol. The minimum absolute atomic E-state index is 0.180. The monoisotopic (exact) mass is 314 g/mol. The van der Waals surface area contributed by atoms with Crippen molar-refractivity contribution in [3.8, 4) is 0 Å². The van der Waals surface area contributed by atoms with Crippen molar-refractivity contribution in [2.24, 2.45) is 0 Å². The van der Waals surface area contributed by atoms with Gasteiger partial charge in [0.1, 0.15) is 11.5 Å². The molecule has 0 aliphatic carbocycles. The van der Waals surface area contributed by atoms with Crippen LogP contribution in [-0.2, 0) is 6.54 Å². The van der Waals surface area contributed by atoms with Crippen LogP contribution in [0, 0.1) is 5.82 Å². The topological polar surface area (TPSA) is 47.2 Å². The highest BCUT2D eigenvalue weighted by Crippen LogP contribution is 2.23. The molecule has 3 aromatic rings. The maximum absolute atomic E-state index is 13.4. The van der Waals surface area contributed by atoms with Crippen LogP contribution in [0.2, 0.25) is 0 Å². The van der Waals surface area contributed by atoms with E-state index in [1.54, 1.807) is 18.4 Å². The molecule has 2 heterocycles. The highest BCUT2D eigenvalue weighted by molar-refractivity contribution is 5.97. The van der Waals surface area contributed by atoms with Gasteiger partial charge in [0.2, 0.25) is 0 Å². The smallest absolute Gasteiger partial charge is 0.268 e. The van der Waals surface area contributed by atoms with Crippen LogP contribution < -0.4 is 5.32 Å². The van der Waals surface area contributed by atoms with E-state index in [1.165, 1.54) is 12.1 Å². The van der Waals surface area contributed by atoms with Gasteiger partial charge in [-0.25, -0.2) is 4.39 Å². The Morgan fingerprint density at radius 1 is 1.26 bits per heavy atom. The highest BCUT2D eigenvalue weighted by atomic mass is 19.1. The molecule has 0 aliphatic heterocycles. The summed E-state index contributed by atoms with van der Waals surface area (Å²) in [6.45, 7) is 6.17. The lowest BCUT2D eigenvalue weighted by Gasteiger charge is -2.21. The van der Waals surface area contributed by atoms with Crippen molar-refractivity contribution in [2.45, 2.75) is 32.9 Å². The standard InChI is InChI=1S/C18H19FN2O2/c1-18(2,3)20-17(22)15-10-16-14(7-8-23-16)21(15)11-12-5-4-6-13(19)9-12/h4-10H,11H2,1-3H3,(H,20,22). The van der Waals surface area contributed by atoms with E-state index in [0.29, 0.717) is 17.8 Å². The predicted octanol–water partition coefficient (Wildman–Crippen LogP) is 3.95. The second kappa shape index (κ2) is 5.57. The first-order valence-corrected chi connectivity index (χ1v) is 7.47. The Balaban J connectivity index is 2.02. The van der Waals surface area contributed by atoms with E-state index in [9.17, 15) is 9.18 Å². The van der Waals surface area contributed by atoms with Gasteiger partial charge < -0.3 is 14.3 Å². The van der Waals surface area contributed by atoms with Crippen LogP contribution in [0.1, 0.15) is 36.8 Å². The summed E-state index contributed by atoms with van der Waals surface area (Å²) in [5.74, 6) is -0.473. The zero-order valence-corrected chi connectivity index (χ0v) is 13.4. The molecule has 0 fully saturated rings. The molecular weight excluding hydrogens is 295 g/mol. The third kappa shape index (κ3) is 3.28. The molecule has 1 amide bonds. The summed E-state index contributed by atoms with van der Waals surface area (Å²) >= 11 is 0. The number of hydrogen-bond acceptors (Lipinski definition) is 2. The van der Waals surface area contributed by atoms with E-state index in [-0.39, 0.29) is 17.3 Å². The number of amides is 1. The lowest BCUT2D eigenvalue weighted by Crippen LogP contribution is -2.41. The third-order valence-electron chi connectivity index (χ3n) is 3.47. The lowest BCUT2D eigenvalue weighted by molar-refractivity contribution is 0.0911. The van der Waals surface area contributed by atoms with E-state index in [4.69, 9.17) is 4.42 Å². The molecule has 0 saturated carbocycles. The highest BCUT2D eigenvalue weighted by Gasteiger charge is 2.21. The average Bonchev–Trinajstić information content (AvgIpc) is 2.99. The summed E-state index contributed by atoms with van der Waals surface area (Å²) < 4.78 is 20.7. The van der Waals surface area contributed by atoms with Gasteiger partial charge in [-0.1, -0.05) is 12.1 Å². The molecule has 0 unspecified atom stereocenters. The summed E-state index contributed by atoms with van der Waals surface area (Å²) in [6.07, 6.45) is 1.58. The van der Waals surface area contributed by atoms with Crippen LogP contribution in [-0.4, -0.2) is 16.0 Å². The Hall–Kier alpha value is -2.56. The second-order valence-electron chi connectivity index (χ2n) is 6.62. The molecular formula is C18H19FN2O2. The number of nitrogens with one attached hydrogen (secondary N) is 1. The Kier molecular flexibility index (Phi) is 3.72. The molecule has 5 heteroatoms. The normalized spacial score (nSPS) is 11.8. The number of halogens is 1. The van der Waals surface area contributed by atoms with Crippen molar-refractivity contribution < 1.29 is 13.6 Å². The molecule has 1 aromatic carbocycles. The fourth-order valence-electron chi connectivity index (χ4n) is 2.56. The quantitative estimate of drug-likeness (QED) is 0.795. The van der Waals surface area contributed by atoms with Gasteiger partial charge in [-0.3, -0.25) is 4.79 Å². The maximum atomic E-state index is 13.4. The van der Waals surface area contributed by atoms with E-state index in [2.05, 4.69) is 5.32 Å². The number of aromatic nitrogens is 1. The largest absolute Gasteiger partial charge is 0.463 e. The van der Waals surface area contributed by atoms with Crippen LogP contribution in [0.25, 0.3) is 11.1 Å². The van der Waals surface area contributed by atoms with Crippen molar-refractivity contribution in [1.82, 2.24) is 9.88 Å². The van der Waals surface area contributed by atoms with Gasteiger partial charge in [-0.2, -0.15) is 0 Å². The molecule has 4 nitrogen and oxygen atoms in total. The number of furan rings is 1. The van der Waals surface area contributed by atoms with E-state index < -0.39 is 0 Å². The van der Waals surface area contributed by atoms with Crippen LogP contribution in [0.4, 0.5) is 4.39 Å². The molecule has 0 aliphatic rings. The van der Waals surface area contributed by atoms with Crippen molar-refractivity contribution >= 4 is 17.0 Å². The first kappa shape index (κ1) is 15.3. The van der Waals surface area contributed by atoms with Crippen molar-refractivity contribution in [2.75, 3.05) is 0 Å². The fraction of sp³-hybridized carbons (Fsp3) is 0.278. The Labute approximate surface area is 133 Å². The third-order valence-corrected chi connectivity index (χ3v) is 3.47. The molecule has 0 saturated heterocycles. The number of carbonyl (C=O) groups excluding carboxylic acids is 1. The summed E-state index contributed by atoms with van der Waals surface area (Å²) in [6, 6.07) is 9.89. The van der Waals surface area contributed by atoms with E-state index >= 15 is 0 Å². The molecule has 23 heavy (non-hydrogen) atoms. The Morgan fingerprint density at radius 3 is 2.74 bits per heavy atom. The molecule has 0 radical (unpaired) electrons. The van der Waals surface area contributed by atoms with Crippen molar-refractivity contribution in [1.29, 1.82) is 0 Å². The first-order valence-electron chi connectivity index (χ1n) is 7.47. The average molecular weight is 314 g/mol. The van der Waals surface area contributed by atoms with Gasteiger partial charge in [-0.05, 0) is 38.5 Å². The first-order chi connectivity index (χ1) is 10.8. The summed E-state index contributed by atoms with van der Waals surface area (Å²) in [4.78, 5) is 12.6. The molecule has 2 aromatic heterocycles. The number of fused-ring (bicyclic) bond motifs is 1. The van der Waals surface area contributed by atoms with Gasteiger partial charge in [-0.15, -0.1) is 0 Å². The van der Waals surface area contributed by atoms with Gasteiger partial charge in [0.25, 0.3) is 5.91 Å². The zero-order valence-electron chi connectivity index (χ0n) is 13.4. The Morgan fingerprint density at radius 2 is 2.04 bits per heavy atom. The molecule has 1 N–H and O–H groups in total. The van der Waals surface area contributed by atoms with Crippen molar-refractivity contribution in [3.63, 3.8) is 0 Å². The van der Waals surface area contributed by atoms with Gasteiger partial charge in [0, 0.05) is 24.2 Å². The molecule has 120 valence electrons. The summed E-state index contributed by atoms with van der Waals surface area (Å²) in [7, 11) is 0. The Bertz CT molecular complexity index is 855. The minimum atomic E-state index is -0.341. The number of benzene rings is 1. The van der Waals surface area contributed by atoms with Gasteiger partial charge >= 0.3 is 0 Å². The van der Waals surface area contributed by atoms with Crippen LogP contribution in [0.15, 0.2) is 47.1 Å². The van der Waals surface area contributed by atoms with Gasteiger partial charge in [0.05, 0.1) is 11.8 Å². The second-order valence-corrected chi connectivity index (χ2v) is 6.62.